The van der Waals surface area contributed by atoms with Gasteiger partial charge < -0.3 is 14.5 Å². The first-order valence-electron chi connectivity index (χ1n) is 9.91. The van der Waals surface area contributed by atoms with Gasteiger partial charge in [0.1, 0.15) is 22.0 Å². The van der Waals surface area contributed by atoms with Gasteiger partial charge in [0.2, 0.25) is 0 Å². The number of carbonyl (C=O) groups excluding carboxylic acids is 1. The van der Waals surface area contributed by atoms with E-state index in [-0.39, 0.29) is 11.5 Å². The summed E-state index contributed by atoms with van der Waals surface area (Å²) >= 11 is 1.22. The van der Waals surface area contributed by atoms with Gasteiger partial charge in [-0.2, -0.15) is 0 Å². The van der Waals surface area contributed by atoms with Crippen LogP contribution in [0.2, 0.25) is 0 Å². The van der Waals surface area contributed by atoms with E-state index in [0.29, 0.717) is 34.0 Å². The zero-order chi connectivity index (χ0) is 22.1. The molecule has 0 amide bonds. The predicted molar refractivity (Wildman–Crippen MR) is 122 cm³/mol. The Morgan fingerprint density at radius 2 is 2.00 bits per heavy atom. The van der Waals surface area contributed by atoms with Gasteiger partial charge in [-0.15, -0.1) is 0 Å². The lowest BCUT2D eigenvalue weighted by atomic mass is 10.2. The maximum atomic E-state index is 13.7. The third-order valence-corrected chi connectivity index (χ3v) is 6.45. The average Bonchev–Trinajstić information content (AvgIpc) is 3.16. The topological polar surface area (TPSA) is 86.2 Å². The van der Waals surface area contributed by atoms with E-state index in [1.165, 1.54) is 23.4 Å². The van der Waals surface area contributed by atoms with Crippen molar-refractivity contribution in [2.24, 2.45) is 0 Å². The molecule has 8 heteroatoms. The number of aryl methyl sites for hydroxylation is 1. The molecule has 0 aliphatic rings. The van der Waals surface area contributed by atoms with E-state index in [2.05, 4.69) is 4.98 Å². The highest BCUT2D eigenvalue weighted by Gasteiger charge is 2.25. The van der Waals surface area contributed by atoms with Crippen molar-refractivity contribution in [3.8, 4) is 11.4 Å². The van der Waals surface area contributed by atoms with Gasteiger partial charge in [0.05, 0.1) is 19.9 Å². The van der Waals surface area contributed by atoms with Crippen molar-refractivity contribution in [3.63, 3.8) is 0 Å². The van der Waals surface area contributed by atoms with E-state index in [0.717, 1.165) is 16.5 Å². The second kappa shape index (κ2) is 8.47. The second-order valence-electron chi connectivity index (χ2n) is 7.14. The van der Waals surface area contributed by atoms with Crippen molar-refractivity contribution in [1.82, 2.24) is 14.5 Å². The molecule has 31 heavy (non-hydrogen) atoms. The highest BCUT2D eigenvalue weighted by molar-refractivity contribution is 8.00. The molecule has 1 N–H and O–H groups in total. The van der Waals surface area contributed by atoms with Crippen molar-refractivity contribution in [2.45, 2.75) is 30.7 Å². The van der Waals surface area contributed by atoms with Crippen LogP contribution in [0.4, 0.5) is 0 Å². The van der Waals surface area contributed by atoms with Gasteiger partial charge in [-0.3, -0.25) is 9.59 Å². The number of nitrogens with one attached hydrogen (secondary N) is 1. The predicted octanol–water partition coefficient (Wildman–Crippen LogP) is 4.23. The average molecular weight is 438 g/mol. The van der Waals surface area contributed by atoms with E-state index < -0.39 is 5.25 Å². The zero-order valence-corrected chi connectivity index (χ0v) is 18.6. The lowest BCUT2D eigenvalue weighted by Gasteiger charge is -2.18. The third kappa shape index (κ3) is 3.67. The van der Waals surface area contributed by atoms with Crippen molar-refractivity contribution in [2.75, 3.05) is 14.2 Å². The molecule has 7 nitrogen and oxygen atoms in total. The number of ether oxygens (including phenoxy) is 2. The van der Waals surface area contributed by atoms with Gasteiger partial charge in [0.15, 0.2) is 5.16 Å². The molecule has 0 saturated heterocycles. The second-order valence-corrected chi connectivity index (χ2v) is 8.31. The molecule has 0 aliphatic heterocycles. The van der Waals surface area contributed by atoms with E-state index in [1.807, 2.05) is 56.3 Å². The first-order valence-corrected chi connectivity index (χ1v) is 10.8. The Bertz CT molecular complexity index is 1340. The van der Waals surface area contributed by atoms with E-state index in [4.69, 9.17) is 14.5 Å². The molecule has 0 saturated carbocycles. The highest BCUT2D eigenvalue weighted by atomic mass is 32.2. The molecule has 1 unspecified atom stereocenters. The molecule has 0 fully saturated rings. The molecular weight excluding hydrogens is 414 g/mol. The van der Waals surface area contributed by atoms with E-state index in [9.17, 15) is 9.59 Å². The molecule has 0 bridgehead atoms. The molecule has 4 aromatic rings. The Morgan fingerprint density at radius 3 is 2.71 bits per heavy atom. The number of thioether (sulfide) groups is 1. The van der Waals surface area contributed by atoms with Crippen molar-refractivity contribution >= 4 is 39.7 Å². The van der Waals surface area contributed by atoms with Crippen LogP contribution in [0.5, 0.6) is 5.75 Å². The summed E-state index contributed by atoms with van der Waals surface area (Å²) in [4.78, 5) is 34.0. The number of benzene rings is 2. The summed E-state index contributed by atoms with van der Waals surface area (Å²) in [5.41, 5.74) is 3.09. The van der Waals surface area contributed by atoms with Gasteiger partial charge in [0.25, 0.3) is 5.56 Å². The number of methoxy groups -OCH3 is 2. The summed E-state index contributed by atoms with van der Waals surface area (Å²) in [6, 6.07) is 13.2. The highest BCUT2D eigenvalue weighted by Crippen LogP contribution is 2.32. The molecule has 2 heterocycles. The number of hydrogen-bond donors (Lipinski definition) is 1. The van der Waals surface area contributed by atoms with E-state index >= 15 is 0 Å². The fourth-order valence-corrected chi connectivity index (χ4v) is 4.61. The Labute approximate surface area is 183 Å². The summed E-state index contributed by atoms with van der Waals surface area (Å²) in [6.45, 7) is 3.84. The van der Waals surface area contributed by atoms with Gasteiger partial charge in [0, 0.05) is 10.9 Å². The molecule has 0 radical (unpaired) electrons. The molecule has 0 spiro atoms. The monoisotopic (exact) mass is 437 g/mol. The molecule has 2 aromatic heterocycles. The number of para-hydroxylation sites is 1. The fraction of sp³-hybridized carbons (Fsp3) is 0.261. The molecule has 2 aromatic carbocycles. The zero-order valence-electron chi connectivity index (χ0n) is 17.8. The summed E-state index contributed by atoms with van der Waals surface area (Å²) in [5, 5.41) is 0.760. The van der Waals surface area contributed by atoms with Crippen molar-refractivity contribution < 1.29 is 14.3 Å². The SMILES string of the molecule is CCC(Sc1nc2c([nH]c3ccccc32)c(=O)n1-c1cc(C)ccc1OC)C(=O)OC. The summed E-state index contributed by atoms with van der Waals surface area (Å²) < 4.78 is 12.0. The quantitative estimate of drug-likeness (QED) is 0.276. The largest absolute Gasteiger partial charge is 0.495 e. The van der Waals surface area contributed by atoms with Gasteiger partial charge in [-0.1, -0.05) is 43.0 Å². The maximum absolute atomic E-state index is 13.7. The number of carbonyl (C=O) groups is 1. The number of nitrogens with zero attached hydrogens (tertiary/aromatic N) is 2. The van der Waals surface area contributed by atoms with Crippen LogP contribution in [0, 0.1) is 6.92 Å². The van der Waals surface area contributed by atoms with Crippen LogP contribution in [0.1, 0.15) is 18.9 Å². The Balaban J connectivity index is 2.06. The fourth-order valence-electron chi connectivity index (χ4n) is 3.57. The number of aromatic amines is 1. The standard InChI is InChI=1S/C23H23N3O4S/c1-5-18(22(28)30-4)31-23-25-19-14-8-6-7-9-15(14)24-20(19)21(27)26(23)16-12-13(2)10-11-17(16)29-3/h6-12,18,24H,5H2,1-4H3. The lowest BCUT2D eigenvalue weighted by molar-refractivity contribution is -0.140. The first-order chi connectivity index (χ1) is 15.0. The van der Waals surface area contributed by atoms with E-state index in [1.54, 1.807) is 7.11 Å². The molecular formula is C23H23N3O4S. The number of H-pyrrole nitrogens is 1. The number of rotatable bonds is 6. The third-order valence-electron chi connectivity index (χ3n) is 5.15. The van der Waals surface area contributed by atoms with Crippen molar-refractivity contribution in [3.05, 3.63) is 58.4 Å². The minimum absolute atomic E-state index is 0.257. The Morgan fingerprint density at radius 1 is 1.23 bits per heavy atom. The van der Waals surface area contributed by atoms with Crippen LogP contribution >= 0.6 is 11.8 Å². The molecule has 0 aliphatic carbocycles. The Kier molecular flexibility index (Phi) is 5.73. The number of fused-ring (bicyclic) bond motifs is 3. The molecule has 160 valence electrons. The number of hydrogen-bond acceptors (Lipinski definition) is 6. The first kappa shape index (κ1) is 21.0. The summed E-state index contributed by atoms with van der Waals surface area (Å²) in [5.74, 6) is 0.182. The van der Waals surface area contributed by atoms with Crippen LogP contribution in [0.15, 0.2) is 52.4 Å². The van der Waals surface area contributed by atoms with Crippen LogP contribution < -0.4 is 10.3 Å². The lowest BCUT2D eigenvalue weighted by Crippen LogP contribution is -2.25. The minimum Gasteiger partial charge on any atom is -0.495 e. The van der Waals surface area contributed by atoms with Gasteiger partial charge in [-0.25, -0.2) is 9.55 Å². The Hall–Kier alpha value is -3.26. The molecule has 1 atom stereocenters. The summed E-state index contributed by atoms with van der Waals surface area (Å²) in [7, 11) is 2.92. The summed E-state index contributed by atoms with van der Waals surface area (Å²) in [6.07, 6.45) is 0.532. The normalized spacial score (nSPS) is 12.3. The van der Waals surface area contributed by atoms with Crippen LogP contribution in [0.3, 0.4) is 0 Å². The van der Waals surface area contributed by atoms with Gasteiger partial charge >= 0.3 is 5.97 Å². The van der Waals surface area contributed by atoms with Crippen LogP contribution in [-0.2, 0) is 9.53 Å². The van der Waals surface area contributed by atoms with Gasteiger partial charge in [-0.05, 0) is 37.1 Å². The van der Waals surface area contributed by atoms with Crippen LogP contribution in [-0.4, -0.2) is 40.0 Å². The van der Waals surface area contributed by atoms with Crippen LogP contribution in [0.25, 0.3) is 27.6 Å². The number of esters is 1. The molecule has 4 rings (SSSR count). The van der Waals surface area contributed by atoms with Crippen molar-refractivity contribution in [1.29, 1.82) is 0 Å². The minimum atomic E-state index is -0.499. The number of aromatic nitrogens is 3. The smallest absolute Gasteiger partial charge is 0.319 e. The maximum Gasteiger partial charge on any atom is 0.319 e.